The van der Waals surface area contributed by atoms with Crippen molar-refractivity contribution in [2.75, 3.05) is 13.1 Å². The Kier molecular flexibility index (Phi) is 5.68. The Hall–Kier alpha value is -2.99. The number of carbonyl (C=O) groups excluding carboxylic acids is 1. The predicted octanol–water partition coefficient (Wildman–Crippen LogP) is 3.33. The fourth-order valence-corrected chi connectivity index (χ4v) is 3.95. The van der Waals surface area contributed by atoms with E-state index in [9.17, 15) is 9.59 Å². The molecule has 0 unspecified atom stereocenters. The first-order valence-corrected chi connectivity index (χ1v) is 10.4. The van der Waals surface area contributed by atoms with Crippen LogP contribution in [0.25, 0.3) is 10.8 Å². The number of morpholine rings is 1. The van der Waals surface area contributed by atoms with Crippen LogP contribution >= 0.6 is 0 Å². The van der Waals surface area contributed by atoms with Gasteiger partial charge < -0.3 is 9.64 Å². The zero-order valence-corrected chi connectivity index (χ0v) is 17.6. The second-order valence-electron chi connectivity index (χ2n) is 8.21. The summed E-state index contributed by atoms with van der Waals surface area (Å²) in [6, 6.07) is 17.3. The Morgan fingerprint density at radius 3 is 2.43 bits per heavy atom. The molecule has 1 aliphatic heterocycles. The summed E-state index contributed by atoms with van der Waals surface area (Å²) < 4.78 is 7.58. The number of hydrogen-bond donors (Lipinski definition) is 0. The average molecular weight is 405 g/mol. The normalized spacial score (nSPS) is 19.4. The molecule has 0 aliphatic carbocycles. The summed E-state index contributed by atoms with van der Waals surface area (Å²) in [6.45, 7) is 6.96. The van der Waals surface area contributed by atoms with Crippen molar-refractivity contribution >= 4 is 16.7 Å². The lowest BCUT2D eigenvalue weighted by Gasteiger charge is -2.40. The summed E-state index contributed by atoms with van der Waals surface area (Å²) >= 11 is 0. The van der Waals surface area contributed by atoms with Gasteiger partial charge in [0.25, 0.3) is 5.56 Å². The Morgan fingerprint density at radius 2 is 1.73 bits per heavy atom. The Morgan fingerprint density at radius 1 is 1.07 bits per heavy atom. The van der Waals surface area contributed by atoms with E-state index in [2.05, 4.69) is 18.9 Å². The second-order valence-corrected chi connectivity index (χ2v) is 8.21. The average Bonchev–Trinajstić information content (AvgIpc) is 2.77. The number of aryl methyl sites for hydroxylation is 1. The van der Waals surface area contributed by atoms with E-state index in [1.165, 1.54) is 4.68 Å². The van der Waals surface area contributed by atoms with Crippen LogP contribution in [0.3, 0.4) is 0 Å². The zero-order chi connectivity index (χ0) is 21.3. The number of hydrogen-bond acceptors (Lipinski definition) is 4. The number of carbonyl (C=O) groups is 1. The summed E-state index contributed by atoms with van der Waals surface area (Å²) in [4.78, 5) is 27.9. The molecule has 3 aromatic rings. The van der Waals surface area contributed by atoms with Crippen molar-refractivity contribution in [1.29, 1.82) is 0 Å². The van der Waals surface area contributed by atoms with Crippen LogP contribution < -0.4 is 5.56 Å². The Labute approximate surface area is 176 Å². The maximum atomic E-state index is 13.2. The number of amides is 1. The number of fused-ring (bicyclic) bond motifs is 1. The van der Waals surface area contributed by atoms with Crippen LogP contribution in [-0.4, -0.2) is 39.8 Å². The third-order valence-corrected chi connectivity index (χ3v) is 5.73. The highest BCUT2D eigenvalue weighted by atomic mass is 16.5. The molecule has 0 bridgehead atoms. The lowest BCUT2D eigenvalue weighted by atomic mass is 10.0. The molecule has 156 valence electrons. The number of aromatic nitrogens is 2. The van der Waals surface area contributed by atoms with Crippen LogP contribution in [0.4, 0.5) is 0 Å². The Bertz CT molecular complexity index is 1110. The van der Waals surface area contributed by atoms with E-state index >= 15 is 0 Å². The van der Waals surface area contributed by atoms with Crippen molar-refractivity contribution in [3.05, 3.63) is 76.2 Å². The lowest BCUT2D eigenvalue weighted by molar-refractivity contribution is -0.150. The van der Waals surface area contributed by atoms with Crippen LogP contribution in [0, 0.1) is 12.8 Å². The van der Waals surface area contributed by atoms with E-state index in [1.807, 2.05) is 60.4 Å². The highest BCUT2D eigenvalue weighted by Crippen LogP contribution is 2.28. The van der Waals surface area contributed by atoms with Gasteiger partial charge in [-0.25, -0.2) is 4.68 Å². The highest BCUT2D eigenvalue weighted by molar-refractivity contribution is 5.83. The SMILES string of the molecule is Cc1nn(CC(=O)N2C[C@@H](c3ccccc3)O[C@@H](C(C)C)C2)c(=O)c2ccccc12. The predicted molar refractivity (Wildman–Crippen MR) is 116 cm³/mol. The fraction of sp³-hybridized carbons (Fsp3) is 0.375. The molecule has 1 saturated heterocycles. The number of ether oxygens (including phenoxy) is 1. The molecule has 2 atom stereocenters. The standard InChI is InChI=1S/C24H27N3O3/c1-16(2)21-13-26(14-22(30-21)18-9-5-4-6-10-18)23(28)15-27-24(29)20-12-8-7-11-19(20)17(3)25-27/h4-12,16,21-22H,13-15H2,1-3H3/t21-,22+/m1/s1. The summed E-state index contributed by atoms with van der Waals surface area (Å²) in [5.74, 6) is 0.157. The molecule has 1 amide bonds. The van der Waals surface area contributed by atoms with E-state index < -0.39 is 0 Å². The van der Waals surface area contributed by atoms with Gasteiger partial charge in [-0.05, 0) is 24.5 Å². The van der Waals surface area contributed by atoms with Crippen LogP contribution in [0.1, 0.15) is 31.2 Å². The van der Waals surface area contributed by atoms with Crippen molar-refractivity contribution in [1.82, 2.24) is 14.7 Å². The highest BCUT2D eigenvalue weighted by Gasteiger charge is 2.33. The first-order valence-electron chi connectivity index (χ1n) is 10.4. The molecule has 1 aliphatic rings. The second kappa shape index (κ2) is 8.40. The molecule has 0 N–H and O–H groups in total. The van der Waals surface area contributed by atoms with Gasteiger partial charge in [0.15, 0.2) is 0 Å². The topological polar surface area (TPSA) is 64.4 Å². The van der Waals surface area contributed by atoms with Gasteiger partial charge in [-0.1, -0.05) is 62.4 Å². The van der Waals surface area contributed by atoms with E-state index in [0.29, 0.717) is 18.5 Å². The Balaban J connectivity index is 1.60. The van der Waals surface area contributed by atoms with Gasteiger partial charge in [0.05, 0.1) is 23.7 Å². The molecule has 0 radical (unpaired) electrons. The van der Waals surface area contributed by atoms with Gasteiger partial charge in [0.2, 0.25) is 5.91 Å². The number of benzene rings is 2. The van der Waals surface area contributed by atoms with Crippen molar-refractivity contribution < 1.29 is 9.53 Å². The van der Waals surface area contributed by atoms with Crippen LogP contribution in [0.2, 0.25) is 0 Å². The molecular weight excluding hydrogens is 378 g/mol. The van der Waals surface area contributed by atoms with Crippen molar-refractivity contribution in [2.24, 2.45) is 5.92 Å². The summed E-state index contributed by atoms with van der Waals surface area (Å²) in [5, 5.41) is 5.80. The van der Waals surface area contributed by atoms with Crippen LogP contribution in [-0.2, 0) is 16.1 Å². The van der Waals surface area contributed by atoms with Crippen molar-refractivity contribution in [3.63, 3.8) is 0 Å². The number of rotatable bonds is 4. The first kappa shape index (κ1) is 20.3. The molecule has 4 rings (SSSR count). The van der Waals surface area contributed by atoms with E-state index in [0.717, 1.165) is 16.6 Å². The molecule has 0 saturated carbocycles. The molecule has 1 aromatic heterocycles. The fourth-order valence-electron chi connectivity index (χ4n) is 3.95. The maximum absolute atomic E-state index is 13.2. The minimum Gasteiger partial charge on any atom is -0.366 e. The van der Waals surface area contributed by atoms with Crippen LogP contribution in [0.15, 0.2) is 59.4 Å². The summed E-state index contributed by atoms with van der Waals surface area (Å²) in [7, 11) is 0. The van der Waals surface area contributed by atoms with E-state index in [1.54, 1.807) is 6.07 Å². The minimum absolute atomic E-state index is 0.0593. The largest absolute Gasteiger partial charge is 0.366 e. The molecular formula is C24H27N3O3. The van der Waals surface area contributed by atoms with E-state index in [-0.39, 0.29) is 36.1 Å². The third-order valence-electron chi connectivity index (χ3n) is 5.73. The molecule has 30 heavy (non-hydrogen) atoms. The van der Waals surface area contributed by atoms with Gasteiger partial charge >= 0.3 is 0 Å². The molecule has 6 heteroatoms. The van der Waals surface area contributed by atoms with Gasteiger partial charge in [-0.15, -0.1) is 0 Å². The van der Waals surface area contributed by atoms with Crippen molar-refractivity contribution in [3.8, 4) is 0 Å². The zero-order valence-electron chi connectivity index (χ0n) is 17.6. The minimum atomic E-state index is -0.238. The lowest BCUT2D eigenvalue weighted by Crippen LogP contribution is -2.50. The molecule has 2 heterocycles. The smallest absolute Gasteiger partial charge is 0.275 e. The van der Waals surface area contributed by atoms with Crippen molar-refractivity contribution in [2.45, 2.75) is 39.5 Å². The van der Waals surface area contributed by atoms with Gasteiger partial charge in [-0.3, -0.25) is 9.59 Å². The summed E-state index contributed by atoms with van der Waals surface area (Å²) in [5.41, 5.74) is 1.55. The molecule has 6 nitrogen and oxygen atoms in total. The van der Waals surface area contributed by atoms with Gasteiger partial charge in [0, 0.05) is 11.9 Å². The first-order chi connectivity index (χ1) is 14.4. The molecule has 0 spiro atoms. The quantitative estimate of drug-likeness (QED) is 0.668. The third kappa shape index (κ3) is 4.00. The van der Waals surface area contributed by atoms with Gasteiger partial charge in [0.1, 0.15) is 12.6 Å². The number of nitrogens with zero attached hydrogens (tertiary/aromatic N) is 3. The monoisotopic (exact) mass is 405 g/mol. The molecule has 2 aromatic carbocycles. The van der Waals surface area contributed by atoms with Crippen LogP contribution in [0.5, 0.6) is 0 Å². The van der Waals surface area contributed by atoms with Gasteiger partial charge in [-0.2, -0.15) is 5.10 Å². The maximum Gasteiger partial charge on any atom is 0.275 e. The van der Waals surface area contributed by atoms with E-state index in [4.69, 9.17) is 4.74 Å². The molecule has 1 fully saturated rings. The summed E-state index contributed by atoms with van der Waals surface area (Å²) in [6.07, 6.45) is -0.241.